The lowest BCUT2D eigenvalue weighted by molar-refractivity contribution is -0.384. The normalized spacial score (nSPS) is 10.4. The lowest BCUT2D eigenvalue weighted by Gasteiger charge is -2.10. The van der Waals surface area contributed by atoms with Crippen LogP contribution in [0.3, 0.4) is 0 Å². The highest BCUT2D eigenvalue weighted by Gasteiger charge is 2.23. The van der Waals surface area contributed by atoms with E-state index < -0.39 is 4.92 Å². The number of aromatic nitrogens is 2. The van der Waals surface area contributed by atoms with E-state index in [1.807, 2.05) is 54.6 Å². The standard InChI is InChI=1S/C17H17N5O2/c1-12-16(22(23)24)17(21(2)20-12)19-15-10-6-9-14(11-15)18-13-7-4-3-5-8-13/h3-11,18-19H,1-2H3. The molecule has 1 heterocycles. The number of hydrogen-bond donors (Lipinski definition) is 2. The fourth-order valence-corrected chi connectivity index (χ4v) is 2.51. The van der Waals surface area contributed by atoms with Gasteiger partial charge in [-0.2, -0.15) is 5.10 Å². The van der Waals surface area contributed by atoms with E-state index in [-0.39, 0.29) is 5.69 Å². The maximum atomic E-state index is 11.3. The van der Waals surface area contributed by atoms with Crippen molar-refractivity contribution in [3.63, 3.8) is 0 Å². The van der Waals surface area contributed by atoms with Crippen molar-refractivity contribution in [2.45, 2.75) is 6.92 Å². The van der Waals surface area contributed by atoms with Gasteiger partial charge in [-0.25, -0.2) is 4.68 Å². The van der Waals surface area contributed by atoms with Gasteiger partial charge >= 0.3 is 5.69 Å². The van der Waals surface area contributed by atoms with E-state index in [1.165, 1.54) is 4.68 Å². The second kappa shape index (κ2) is 6.41. The van der Waals surface area contributed by atoms with Gasteiger partial charge < -0.3 is 10.6 Å². The summed E-state index contributed by atoms with van der Waals surface area (Å²) < 4.78 is 1.48. The Hall–Kier alpha value is -3.35. The fourth-order valence-electron chi connectivity index (χ4n) is 2.51. The third-order valence-corrected chi connectivity index (χ3v) is 3.56. The van der Waals surface area contributed by atoms with Crippen LogP contribution < -0.4 is 10.6 Å². The number of nitrogens with one attached hydrogen (secondary N) is 2. The Labute approximate surface area is 139 Å². The Morgan fingerprint density at radius 1 is 1.00 bits per heavy atom. The molecule has 3 rings (SSSR count). The monoisotopic (exact) mass is 323 g/mol. The Morgan fingerprint density at radius 3 is 2.29 bits per heavy atom. The van der Waals surface area contributed by atoms with E-state index in [4.69, 9.17) is 0 Å². The van der Waals surface area contributed by atoms with Crippen LogP contribution in [-0.4, -0.2) is 14.7 Å². The molecule has 0 fully saturated rings. The smallest absolute Gasteiger partial charge is 0.334 e. The van der Waals surface area contributed by atoms with Gasteiger partial charge in [-0.1, -0.05) is 24.3 Å². The first-order valence-electron chi connectivity index (χ1n) is 7.42. The van der Waals surface area contributed by atoms with Crippen LogP contribution in [-0.2, 0) is 7.05 Å². The van der Waals surface area contributed by atoms with Crippen LogP contribution in [0.5, 0.6) is 0 Å². The first-order valence-corrected chi connectivity index (χ1v) is 7.42. The van der Waals surface area contributed by atoms with E-state index in [0.717, 1.165) is 17.1 Å². The highest BCUT2D eigenvalue weighted by molar-refractivity contribution is 5.71. The SMILES string of the molecule is Cc1nn(C)c(Nc2cccc(Nc3ccccc3)c2)c1[N+](=O)[O-]. The summed E-state index contributed by atoms with van der Waals surface area (Å²) in [6.07, 6.45) is 0. The molecule has 0 radical (unpaired) electrons. The molecule has 0 bridgehead atoms. The molecule has 7 nitrogen and oxygen atoms in total. The average Bonchev–Trinajstić information content (AvgIpc) is 2.82. The van der Waals surface area contributed by atoms with Gasteiger partial charge in [-0.15, -0.1) is 0 Å². The maximum absolute atomic E-state index is 11.3. The second-order valence-electron chi connectivity index (χ2n) is 5.36. The van der Waals surface area contributed by atoms with Crippen LogP contribution in [0, 0.1) is 17.0 Å². The van der Waals surface area contributed by atoms with E-state index in [2.05, 4.69) is 15.7 Å². The number of hydrogen-bond acceptors (Lipinski definition) is 5. The van der Waals surface area contributed by atoms with Crippen molar-refractivity contribution in [3.8, 4) is 0 Å². The van der Waals surface area contributed by atoms with Crippen LogP contribution in [0.2, 0.25) is 0 Å². The van der Waals surface area contributed by atoms with Crippen molar-refractivity contribution in [2.24, 2.45) is 7.05 Å². The Kier molecular flexibility index (Phi) is 4.15. The minimum absolute atomic E-state index is 0.0149. The first-order chi connectivity index (χ1) is 11.5. The number of rotatable bonds is 5. The zero-order chi connectivity index (χ0) is 17.1. The van der Waals surface area contributed by atoms with Gasteiger partial charge in [0.25, 0.3) is 0 Å². The lowest BCUT2D eigenvalue weighted by Crippen LogP contribution is -2.02. The maximum Gasteiger partial charge on any atom is 0.334 e. The molecule has 7 heteroatoms. The summed E-state index contributed by atoms with van der Waals surface area (Å²) in [6.45, 7) is 1.62. The first kappa shape index (κ1) is 15.5. The fraction of sp³-hybridized carbons (Fsp3) is 0.118. The van der Waals surface area contributed by atoms with Gasteiger partial charge in [-0.3, -0.25) is 10.1 Å². The molecule has 2 aromatic carbocycles. The van der Waals surface area contributed by atoms with Crippen molar-refractivity contribution < 1.29 is 4.92 Å². The third kappa shape index (κ3) is 3.19. The summed E-state index contributed by atoms with van der Waals surface area (Å²) in [7, 11) is 1.68. The van der Waals surface area contributed by atoms with Crippen molar-refractivity contribution in [2.75, 3.05) is 10.6 Å². The summed E-state index contributed by atoms with van der Waals surface area (Å²) in [5, 5.41) is 21.7. The summed E-state index contributed by atoms with van der Waals surface area (Å²) in [6, 6.07) is 17.3. The Balaban J connectivity index is 1.87. The molecule has 1 aromatic heterocycles. The quantitative estimate of drug-likeness (QED) is 0.545. The number of para-hydroxylation sites is 1. The van der Waals surface area contributed by atoms with Crippen LogP contribution in [0.4, 0.5) is 28.6 Å². The van der Waals surface area contributed by atoms with Gasteiger partial charge in [0.15, 0.2) is 0 Å². The molecule has 0 spiro atoms. The molecule has 2 N–H and O–H groups in total. The molecule has 0 saturated heterocycles. The molecule has 0 aliphatic heterocycles. The van der Waals surface area contributed by atoms with Crippen LogP contribution in [0.25, 0.3) is 0 Å². The Morgan fingerprint density at radius 2 is 1.62 bits per heavy atom. The van der Waals surface area contributed by atoms with Crippen molar-refractivity contribution >= 4 is 28.6 Å². The Bertz CT molecular complexity index is 874. The zero-order valence-corrected chi connectivity index (χ0v) is 13.4. The number of benzene rings is 2. The number of aryl methyl sites for hydroxylation is 2. The van der Waals surface area contributed by atoms with Gasteiger partial charge in [0.05, 0.1) is 4.92 Å². The van der Waals surface area contributed by atoms with Crippen molar-refractivity contribution in [3.05, 3.63) is 70.4 Å². The van der Waals surface area contributed by atoms with E-state index in [0.29, 0.717) is 11.5 Å². The van der Waals surface area contributed by atoms with Gasteiger partial charge in [-0.05, 0) is 37.3 Å². The largest absolute Gasteiger partial charge is 0.355 e. The molecule has 24 heavy (non-hydrogen) atoms. The predicted octanol–water partition coefficient (Wildman–Crippen LogP) is 4.12. The zero-order valence-electron chi connectivity index (χ0n) is 13.4. The molecular formula is C17H17N5O2. The van der Waals surface area contributed by atoms with Gasteiger partial charge in [0.1, 0.15) is 5.69 Å². The minimum atomic E-state index is -0.420. The number of nitrogens with zero attached hydrogens (tertiary/aromatic N) is 3. The molecule has 0 aliphatic carbocycles. The van der Waals surface area contributed by atoms with E-state index in [1.54, 1.807) is 14.0 Å². The molecule has 0 aliphatic rings. The molecule has 3 aromatic rings. The molecular weight excluding hydrogens is 306 g/mol. The predicted molar refractivity (Wildman–Crippen MR) is 94.0 cm³/mol. The van der Waals surface area contributed by atoms with Crippen LogP contribution in [0.1, 0.15) is 5.69 Å². The molecule has 122 valence electrons. The third-order valence-electron chi connectivity index (χ3n) is 3.56. The highest BCUT2D eigenvalue weighted by Crippen LogP contribution is 2.31. The average molecular weight is 323 g/mol. The molecule has 0 amide bonds. The van der Waals surface area contributed by atoms with E-state index >= 15 is 0 Å². The minimum Gasteiger partial charge on any atom is -0.355 e. The van der Waals surface area contributed by atoms with E-state index in [9.17, 15) is 10.1 Å². The highest BCUT2D eigenvalue weighted by atomic mass is 16.6. The summed E-state index contributed by atoms with van der Waals surface area (Å²) >= 11 is 0. The number of anilines is 4. The molecule has 0 unspecified atom stereocenters. The molecule has 0 atom stereocenters. The topological polar surface area (TPSA) is 85.0 Å². The van der Waals surface area contributed by atoms with Crippen LogP contribution >= 0.6 is 0 Å². The summed E-state index contributed by atoms with van der Waals surface area (Å²) in [5.41, 5.74) is 2.95. The van der Waals surface area contributed by atoms with Crippen molar-refractivity contribution in [1.82, 2.24) is 9.78 Å². The van der Waals surface area contributed by atoms with Crippen molar-refractivity contribution in [1.29, 1.82) is 0 Å². The molecule has 0 saturated carbocycles. The second-order valence-corrected chi connectivity index (χ2v) is 5.36. The van der Waals surface area contributed by atoms with Gasteiger partial charge in [0.2, 0.25) is 5.82 Å². The van der Waals surface area contributed by atoms with Crippen LogP contribution in [0.15, 0.2) is 54.6 Å². The summed E-state index contributed by atoms with van der Waals surface area (Å²) in [5.74, 6) is 0.356. The summed E-state index contributed by atoms with van der Waals surface area (Å²) in [4.78, 5) is 10.8. The number of nitro groups is 1. The lowest BCUT2D eigenvalue weighted by atomic mass is 10.2. The van der Waals surface area contributed by atoms with Gasteiger partial charge in [0, 0.05) is 24.1 Å².